The number of hydrogen-bond donors (Lipinski definition) is 19. The molecule has 0 radical (unpaired) electrons. The summed E-state index contributed by atoms with van der Waals surface area (Å²) in [6.45, 7) is 3.49. The third-order valence-electron chi connectivity index (χ3n) is 20.0. The molecule has 19 N–H and O–H groups in total. The first-order valence-electron chi connectivity index (χ1n) is 42.8. The molecule has 0 aromatic rings. The topological polar surface area (TPSA) is 584 Å². The third kappa shape index (κ3) is 49.4. The second kappa shape index (κ2) is 64.8. The minimum atomic E-state index is -1.35. The molecule has 3 saturated heterocycles. The van der Waals surface area contributed by atoms with Crippen LogP contribution in [-0.2, 0) is 86.0 Å². The fourth-order valence-corrected chi connectivity index (χ4v) is 13.4. The van der Waals surface area contributed by atoms with Gasteiger partial charge in [-0.1, -0.05) is 32.1 Å². The van der Waals surface area contributed by atoms with Gasteiger partial charge in [0, 0.05) is 130 Å². The predicted molar refractivity (Wildman–Crippen MR) is 432 cm³/mol. The summed E-state index contributed by atoms with van der Waals surface area (Å²) in [6, 6.07) is -0.864. The van der Waals surface area contributed by atoms with Crippen molar-refractivity contribution in [3.05, 3.63) is 0 Å². The molecule has 0 aliphatic carbocycles. The monoisotopic (exact) mass is 1720 g/mol. The summed E-state index contributed by atoms with van der Waals surface area (Å²) in [7, 11) is 0. The number of hydrogen-bond acceptors (Lipinski definition) is 30. The summed E-state index contributed by atoms with van der Waals surface area (Å²) in [5.41, 5.74) is 0. The van der Waals surface area contributed by atoms with E-state index in [1.807, 2.05) is 0 Å². The first-order valence-corrected chi connectivity index (χ1v) is 42.8. The molecule has 41 heteroatoms. The molecule has 0 saturated carbocycles. The van der Waals surface area contributed by atoms with E-state index in [0.717, 1.165) is 0 Å². The minimum Gasteiger partial charge on any atom is -0.395 e. The van der Waals surface area contributed by atoms with Crippen molar-refractivity contribution >= 4 is 70.8 Å². The number of ether oxygens (including phenoxy) is 6. The van der Waals surface area contributed by atoms with Crippen LogP contribution >= 0.6 is 0 Å². The van der Waals surface area contributed by atoms with Crippen molar-refractivity contribution in [2.75, 3.05) is 164 Å². The van der Waals surface area contributed by atoms with E-state index in [0.29, 0.717) is 129 Å². The maximum Gasteiger partial charge on any atom is 0.242 e. The number of Topliss-reactive ketones (excluding diaryl/α,β-unsaturated/α-hetero) is 1. The van der Waals surface area contributed by atoms with Gasteiger partial charge in [-0.3, -0.25) is 62.5 Å². The van der Waals surface area contributed by atoms with Crippen molar-refractivity contribution < 1.29 is 137 Å². The number of aliphatic hydroxyl groups excluding tert-OH is 10. The number of ketones is 1. The van der Waals surface area contributed by atoms with Crippen LogP contribution in [0.4, 0.5) is 0 Å². The summed E-state index contributed by atoms with van der Waals surface area (Å²) >= 11 is 0. The molecular formula is C79H143N13O28. The van der Waals surface area contributed by atoms with Crippen molar-refractivity contribution in [1.29, 1.82) is 0 Å². The molecule has 41 nitrogen and oxygen atoms in total. The van der Waals surface area contributed by atoms with E-state index in [1.54, 1.807) is 13.8 Å². The van der Waals surface area contributed by atoms with Crippen molar-refractivity contribution in [3.63, 3.8) is 0 Å². The normalized spacial score (nSPS) is 21.2. The molecule has 0 unspecified atom stereocenters. The van der Waals surface area contributed by atoms with Crippen molar-refractivity contribution in [2.24, 2.45) is 0 Å². The molecule has 13 atom stereocenters. The van der Waals surface area contributed by atoms with Crippen LogP contribution in [0.2, 0.25) is 0 Å². The Morgan fingerprint density at radius 3 is 1.09 bits per heavy atom. The van der Waals surface area contributed by atoms with Gasteiger partial charge in [0.25, 0.3) is 0 Å². The smallest absolute Gasteiger partial charge is 0.242 e. The average molecular weight is 1720 g/mol. The highest BCUT2D eigenvalue weighted by molar-refractivity contribution is 5.88. The largest absolute Gasteiger partial charge is 0.395 e. The van der Waals surface area contributed by atoms with E-state index in [2.05, 4.69) is 47.9 Å². The molecule has 3 aliphatic rings. The number of aliphatic hydroxyl groups is 10. The Bertz CT molecular complexity index is 2900. The van der Waals surface area contributed by atoms with Gasteiger partial charge in [0.15, 0.2) is 18.9 Å². The zero-order valence-corrected chi connectivity index (χ0v) is 70.7. The molecular weight excluding hydrogens is 1580 g/mol. The minimum absolute atomic E-state index is 0.00630. The van der Waals surface area contributed by atoms with Gasteiger partial charge in [-0.15, -0.1) is 0 Å². The van der Waals surface area contributed by atoms with Crippen LogP contribution < -0.4 is 47.9 Å². The Labute approximate surface area is 704 Å². The number of nitrogens with zero attached hydrogens (tertiary/aromatic N) is 4. The second-order valence-electron chi connectivity index (χ2n) is 30.8. The molecule has 3 rings (SSSR count). The van der Waals surface area contributed by atoms with Crippen molar-refractivity contribution in [3.8, 4) is 0 Å². The van der Waals surface area contributed by atoms with E-state index in [4.69, 9.17) is 28.4 Å². The van der Waals surface area contributed by atoms with Crippen LogP contribution in [0.3, 0.4) is 0 Å². The first-order chi connectivity index (χ1) is 57.5. The van der Waals surface area contributed by atoms with Gasteiger partial charge in [-0.25, -0.2) is 0 Å². The lowest BCUT2D eigenvalue weighted by molar-refractivity contribution is -0.271. The summed E-state index contributed by atoms with van der Waals surface area (Å²) in [5.74, 6) is -4.24. The Morgan fingerprint density at radius 2 is 0.683 bits per heavy atom. The Balaban J connectivity index is 1.42. The van der Waals surface area contributed by atoms with Gasteiger partial charge in [0.1, 0.15) is 30.1 Å². The van der Waals surface area contributed by atoms with E-state index in [-0.39, 0.29) is 250 Å². The van der Waals surface area contributed by atoms with Crippen molar-refractivity contribution in [1.82, 2.24) is 67.5 Å². The number of unbranched alkanes of at least 4 members (excludes halogenated alkanes) is 11. The Hall–Kier alpha value is -6.88. The molecule has 692 valence electrons. The molecule has 0 bridgehead atoms. The fraction of sp³-hybridized carbons (Fsp3) is 0.848. The highest BCUT2D eigenvalue weighted by Gasteiger charge is 2.39. The second-order valence-corrected chi connectivity index (χ2v) is 30.8. The molecule has 11 amide bonds. The molecule has 0 aromatic heterocycles. The van der Waals surface area contributed by atoms with Gasteiger partial charge < -0.3 is 142 Å². The molecule has 0 aromatic carbocycles. The summed E-state index contributed by atoms with van der Waals surface area (Å²) < 4.78 is 33.2. The van der Waals surface area contributed by atoms with Gasteiger partial charge in [0.2, 0.25) is 65.0 Å². The highest BCUT2D eigenvalue weighted by Crippen LogP contribution is 2.24. The van der Waals surface area contributed by atoms with Gasteiger partial charge in [-0.2, -0.15) is 0 Å². The van der Waals surface area contributed by atoms with Crippen LogP contribution in [0.1, 0.15) is 188 Å². The Kier molecular flexibility index (Phi) is 58.0. The van der Waals surface area contributed by atoms with E-state index >= 15 is 0 Å². The van der Waals surface area contributed by atoms with Crippen LogP contribution in [-0.4, -0.2) is 385 Å². The first kappa shape index (κ1) is 107. The summed E-state index contributed by atoms with van der Waals surface area (Å²) in [5, 5.41) is 124. The lowest BCUT2D eigenvalue weighted by atomic mass is 10.0. The van der Waals surface area contributed by atoms with E-state index in [1.165, 1.54) is 26.5 Å². The zero-order chi connectivity index (χ0) is 88.4. The number of nitrogens with one attached hydrogen (secondary N) is 9. The molecule has 3 heterocycles. The lowest BCUT2D eigenvalue weighted by Gasteiger charge is -2.36. The summed E-state index contributed by atoms with van der Waals surface area (Å²) in [4.78, 5) is 161. The standard InChI is InChI=1S/C79H143N13O28/c1-55(97)21-12-13-24-64(102)88-59(22-14-20-31-80-63(101)23-9-6-17-28-82-68(106)51-90(52-69(107)85-33-42-115-77-73(111)60(98)45-56(2)118-77)53-70(108)86-34-43-116-78-74(112)61(99)46-57(3)119-78)76(114)87-32-16-5-4-15-27-81-65(103)48-89(49-66(104)83-29-18-7-10-25-71(109)91(35-39-93)36-40-94)50-67(105)84-30-19-8-11-26-72(110)92(37-41-95)38-44-117-79-75(113)62(100)47-58(54-96)120-79/h56-62,73-75,77-79,93-96,98-100,111-113H,4-54H2,1-3H3,(H,80,101)(H,81,103)(H,82,106)(H,83,104)(H,84,105)(H,85,107)(H,86,108)(H,87,114)(H,88,102)/t56-,57-,58-,59-,60+,61+,62-,73-,74-,75-,77+,78+,79-/m0/s1. The van der Waals surface area contributed by atoms with E-state index in [9.17, 15) is 109 Å². The molecule has 0 spiro atoms. The predicted octanol–water partition coefficient (Wildman–Crippen LogP) is -5.21. The number of rotatable bonds is 68. The summed E-state index contributed by atoms with van der Waals surface area (Å²) in [6.07, 6.45) is -1.08. The van der Waals surface area contributed by atoms with Gasteiger partial charge >= 0.3 is 0 Å². The fourth-order valence-electron chi connectivity index (χ4n) is 13.4. The van der Waals surface area contributed by atoms with Crippen molar-refractivity contribution in [2.45, 2.75) is 268 Å². The number of amides is 11. The van der Waals surface area contributed by atoms with Gasteiger partial charge in [0.05, 0.1) is 122 Å². The Morgan fingerprint density at radius 1 is 0.358 bits per heavy atom. The van der Waals surface area contributed by atoms with Crippen LogP contribution in [0.15, 0.2) is 0 Å². The maximum atomic E-state index is 13.6. The third-order valence-corrected chi connectivity index (χ3v) is 20.0. The molecule has 3 aliphatic heterocycles. The SMILES string of the molecule is CC(=O)CCCCC(=O)N[C@@H](CCCCNC(=O)CCCCCNC(=O)CN(CC(=O)NCCO[C@@H]1O[C@@H](C)C[C@@H](O)[C@@H]1O)CC(=O)NCCO[C@@H]1O[C@@H](C)C[C@@H](O)[C@@H]1O)C(=O)NCCCCCCNC(=O)CN(CC(=O)NCCCCCC(=O)N(CCO)CCO)CC(=O)NCCCCCC(=O)N(CCO)CCO[C@H]1O[C@H](CO)C[C@H](O)[C@@H]1O. The zero-order valence-electron chi connectivity index (χ0n) is 70.7. The lowest BCUT2D eigenvalue weighted by Crippen LogP contribution is -2.51. The van der Waals surface area contributed by atoms with Crippen LogP contribution in [0.25, 0.3) is 0 Å². The highest BCUT2D eigenvalue weighted by atomic mass is 16.7. The van der Waals surface area contributed by atoms with Gasteiger partial charge in [-0.05, 0) is 104 Å². The number of carbonyl (C=O) groups excluding carboxylic acids is 12. The van der Waals surface area contributed by atoms with Crippen LogP contribution in [0.5, 0.6) is 0 Å². The average Bonchev–Trinajstić information content (AvgIpc) is 0.853. The van der Waals surface area contributed by atoms with Crippen LogP contribution in [0, 0.1) is 0 Å². The number of carbonyl (C=O) groups is 12. The van der Waals surface area contributed by atoms with E-state index < -0.39 is 103 Å². The molecule has 120 heavy (non-hydrogen) atoms. The molecule has 3 fully saturated rings. The maximum absolute atomic E-state index is 13.6. The quantitative estimate of drug-likeness (QED) is 0.0253.